The van der Waals surface area contributed by atoms with Crippen molar-refractivity contribution in [1.82, 2.24) is 9.55 Å². The predicted octanol–water partition coefficient (Wildman–Crippen LogP) is 3.00. The van der Waals surface area contributed by atoms with Crippen LogP contribution in [0.25, 0.3) is 5.69 Å². The van der Waals surface area contributed by atoms with Gasteiger partial charge in [0.2, 0.25) is 5.88 Å². The molecule has 0 atom stereocenters. The first-order valence-electron chi connectivity index (χ1n) is 7.86. The number of hydrogen-bond acceptors (Lipinski definition) is 3. The summed E-state index contributed by atoms with van der Waals surface area (Å²) in [6.45, 7) is 0. The van der Waals surface area contributed by atoms with Crippen LogP contribution in [-0.4, -0.2) is 21.8 Å². The third-order valence-corrected chi connectivity index (χ3v) is 4.47. The van der Waals surface area contributed by atoms with Crippen LogP contribution >= 0.6 is 0 Å². The Kier molecular flexibility index (Phi) is 4.22. The Bertz CT molecular complexity index is 696. The minimum atomic E-state index is -0.309. The maximum Gasteiger partial charge on any atom is 0.333 e. The molecule has 22 heavy (non-hydrogen) atoms. The molecule has 1 aliphatic rings. The van der Waals surface area contributed by atoms with Gasteiger partial charge in [0, 0.05) is 6.07 Å². The number of imidazole rings is 1. The first-order valence-corrected chi connectivity index (χ1v) is 7.86. The molecule has 0 amide bonds. The Labute approximate surface area is 129 Å². The summed E-state index contributed by atoms with van der Waals surface area (Å²) >= 11 is 0. The van der Waals surface area contributed by atoms with Crippen LogP contribution in [0.1, 0.15) is 37.8 Å². The lowest BCUT2D eigenvalue weighted by atomic mass is 9.86. The van der Waals surface area contributed by atoms with E-state index >= 15 is 0 Å². The van der Waals surface area contributed by atoms with Crippen molar-refractivity contribution in [2.75, 3.05) is 7.11 Å². The van der Waals surface area contributed by atoms with Crippen molar-refractivity contribution in [2.45, 2.75) is 38.5 Å². The molecule has 2 N–H and O–H groups in total. The van der Waals surface area contributed by atoms with Gasteiger partial charge in [-0.25, -0.2) is 9.36 Å². The van der Waals surface area contributed by atoms with Crippen molar-refractivity contribution in [1.29, 1.82) is 0 Å². The first-order chi connectivity index (χ1) is 10.7. The fraction of sp³-hybridized carbons (Fsp3) is 0.471. The summed E-state index contributed by atoms with van der Waals surface area (Å²) in [5.74, 6) is 1.22. The van der Waals surface area contributed by atoms with Crippen LogP contribution in [0.4, 0.5) is 0 Å². The number of aromatic nitrogens is 2. The summed E-state index contributed by atoms with van der Waals surface area (Å²) in [6, 6.07) is 7.12. The third kappa shape index (κ3) is 2.89. The molecule has 5 nitrogen and oxygen atoms in total. The molecule has 3 rings (SSSR count). The van der Waals surface area contributed by atoms with Crippen molar-refractivity contribution >= 4 is 0 Å². The number of ether oxygens (including phenoxy) is 1. The van der Waals surface area contributed by atoms with Crippen LogP contribution in [0, 0.1) is 5.92 Å². The molecule has 2 aromatic rings. The average molecular weight is 302 g/mol. The predicted molar refractivity (Wildman–Crippen MR) is 84.9 cm³/mol. The van der Waals surface area contributed by atoms with Crippen LogP contribution in [0.2, 0.25) is 0 Å². The zero-order valence-corrected chi connectivity index (χ0v) is 12.8. The lowest BCUT2D eigenvalue weighted by Gasteiger charge is -2.20. The van der Waals surface area contributed by atoms with E-state index in [1.54, 1.807) is 31.4 Å². The van der Waals surface area contributed by atoms with Crippen LogP contribution in [0.5, 0.6) is 11.6 Å². The van der Waals surface area contributed by atoms with E-state index in [4.69, 9.17) is 4.74 Å². The monoisotopic (exact) mass is 302 g/mol. The number of rotatable bonds is 4. The molecule has 0 bridgehead atoms. The van der Waals surface area contributed by atoms with Crippen molar-refractivity contribution < 1.29 is 9.84 Å². The van der Waals surface area contributed by atoms with Crippen molar-refractivity contribution in [3.8, 4) is 17.3 Å². The Morgan fingerprint density at radius 1 is 1.32 bits per heavy atom. The van der Waals surface area contributed by atoms with Crippen molar-refractivity contribution in [2.24, 2.45) is 5.92 Å². The molecule has 118 valence electrons. The molecule has 0 saturated heterocycles. The maximum absolute atomic E-state index is 12.2. The van der Waals surface area contributed by atoms with Gasteiger partial charge in [-0.15, -0.1) is 0 Å². The van der Waals surface area contributed by atoms with Gasteiger partial charge in [-0.05, 0) is 24.5 Å². The molecular weight excluding hydrogens is 280 g/mol. The average Bonchev–Trinajstić information content (AvgIpc) is 2.82. The largest absolute Gasteiger partial charge is 0.497 e. The lowest BCUT2D eigenvalue weighted by Crippen LogP contribution is -2.14. The summed E-state index contributed by atoms with van der Waals surface area (Å²) in [7, 11) is 1.58. The normalized spacial score (nSPS) is 15.9. The molecule has 1 heterocycles. The van der Waals surface area contributed by atoms with Crippen LogP contribution in [0.3, 0.4) is 0 Å². The topological polar surface area (TPSA) is 67.2 Å². The van der Waals surface area contributed by atoms with Gasteiger partial charge in [0.15, 0.2) is 0 Å². The minimum absolute atomic E-state index is 0.0174. The van der Waals surface area contributed by atoms with Crippen molar-refractivity contribution in [3.63, 3.8) is 0 Å². The van der Waals surface area contributed by atoms with Gasteiger partial charge < -0.3 is 14.8 Å². The van der Waals surface area contributed by atoms with Gasteiger partial charge in [-0.3, -0.25) is 0 Å². The summed E-state index contributed by atoms with van der Waals surface area (Å²) in [5, 5.41) is 10.4. The highest BCUT2D eigenvalue weighted by Crippen LogP contribution is 2.29. The summed E-state index contributed by atoms with van der Waals surface area (Å²) < 4.78 is 6.48. The van der Waals surface area contributed by atoms with Gasteiger partial charge in [-0.1, -0.05) is 38.2 Å². The van der Waals surface area contributed by atoms with E-state index in [0.29, 0.717) is 23.0 Å². The number of benzene rings is 1. The molecule has 0 spiro atoms. The highest BCUT2D eigenvalue weighted by Gasteiger charge is 2.20. The second kappa shape index (κ2) is 6.30. The quantitative estimate of drug-likeness (QED) is 0.912. The fourth-order valence-electron chi connectivity index (χ4n) is 3.28. The molecular formula is C17H22N2O3. The molecule has 5 heteroatoms. The number of nitrogens with one attached hydrogen (secondary N) is 1. The Hall–Kier alpha value is -2.17. The number of nitrogens with zero attached hydrogens (tertiary/aromatic N) is 1. The van der Waals surface area contributed by atoms with Gasteiger partial charge in [0.05, 0.1) is 18.5 Å². The van der Waals surface area contributed by atoms with E-state index in [-0.39, 0.29) is 11.6 Å². The van der Waals surface area contributed by atoms with Crippen LogP contribution in [-0.2, 0) is 6.42 Å². The number of methoxy groups -OCH3 is 1. The number of hydrogen-bond donors (Lipinski definition) is 2. The van der Waals surface area contributed by atoms with E-state index in [0.717, 1.165) is 6.42 Å². The highest BCUT2D eigenvalue weighted by atomic mass is 16.5. The van der Waals surface area contributed by atoms with Gasteiger partial charge >= 0.3 is 5.69 Å². The summed E-state index contributed by atoms with van der Waals surface area (Å²) in [4.78, 5) is 15.0. The van der Waals surface area contributed by atoms with Crippen LogP contribution < -0.4 is 10.4 Å². The molecule has 0 aliphatic heterocycles. The molecule has 0 unspecified atom stereocenters. The molecule has 1 aliphatic carbocycles. The maximum atomic E-state index is 12.2. The fourth-order valence-corrected chi connectivity index (χ4v) is 3.28. The van der Waals surface area contributed by atoms with Gasteiger partial charge in [0.25, 0.3) is 0 Å². The SMILES string of the molecule is COc1cccc(-n2c(O)c(CC3CCCCC3)[nH]c2=O)c1. The van der Waals surface area contributed by atoms with Crippen molar-refractivity contribution in [3.05, 3.63) is 40.4 Å². The number of aromatic hydroxyl groups is 1. The molecule has 1 aromatic heterocycles. The second-order valence-electron chi connectivity index (χ2n) is 5.98. The van der Waals surface area contributed by atoms with E-state index < -0.39 is 0 Å². The van der Waals surface area contributed by atoms with Gasteiger partial charge in [0.1, 0.15) is 5.75 Å². The van der Waals surface area contributed by atoms with E-state index in [9.17, 15) is 9.90 Å². The Morgan fingerprint density at radius 2 is 2.09 bits per heavy atom. The van der Waals surface area contributed by atoms with Gasteiger partial charge in [-0.2, -0.15) is 0 Å². The first kappa shape index (κ1) is 14.8. The number of H-pyrrole nitrogens is 1. The molecule has 1 fully saturated rings. The molecule has 1 saturated carbocycles. The second-order valence-corrected chi connectivity index (χ2v) is 5.98. The zero-order valence-electron chi connectivity index (χ0n) is 12.8. The van der Waals surface area contributed by atoms with E-state index in [1.165, 1.54) is 36.7 Å². The summed E-state index contributed by atoms with van der Waals surface area (Å²) in [5.41, 5.74) is 0.935. The number of aromatic amines is 1. The third-order valence-electron chi connectivity index (χ3n) is 4.47. The standard InChI is InChI=1S/C17H22N2O3/c1-22-14-9-5-8-13(11-14)19-16(20)15(18-17(19)21)10-12-6-3-2-4-7-12/h5,8-9,11-12,20H,2-4,6-7,10H2,1H3,(H,18,21). The highest BCUT2D eigenvalue weighted by molar-refractivity contribution is 5.42. The Morgan fingerprint density at radius 3 is 2.82 bits per heavy atom. The summed E-state index contributed by atoms with van der Waals surface area (Å²) in [6.07, 6.45) is 6.86. The molecule has 0 radical (unpaired) electrons. The Balaban J connectivity index is 1.90. The lowest BCUT2D eigenvalue weighted by molar-refractivity contribution is 0.347. The zero-order chi connectivity index (χ0) is 15.5. The van der Waals surface area contributed by atoms with Crippen LogP contribution in [0.15, 0.2) is 29.1 Å². The smallest absolute Gasteiger partial charge is 0.333 e. The molecule has 1 aromatic carbocycles. The van der Waals surface area contributed by atoms with E-state index in [1.807, 2.05) is 0 Å². The minimum Gasteiger partial charge on any atom is -0.497 e. The van der Waals surface area contributed by atoms with E-state index in [2.05, 4.69) is 4.98 Å².